The fraction of sp³-hybridized carbons (Fsp3) is 0.100. The van der Waals surface area contributed by atoms with Gasteiger partial charge in [0.25, 0.3) is 0 Å². The van der Waals surface area contributed by atoms with Gasteiger partial charge in [0.1, 0.15) is 5.82 Å². The smallest absolute Gasteiger partial charge is 0.441 e. The van der Waals surface area contributed by atoms with E-state index in [1.165, 1.54) is 0 Å². The van der Waals surface area contributed by atoms with Crippen LogP contribution in [0, 0.1) is 0 Å². The van der Waals surface area contributed by atoms with Gasteiger partial charge in [0.15, 0.2) is 0 Å². The van der Waals surface area contributed by atoms with Gasteiger partial charge in [-0.15, -0.1) is 15.7 Å². The molecular formula is C30H27N5O3S2. The second-order valence-electron chi connectivity index (χ2n) is 8.55. The van der Waals surface area contributed by atoms with E-state index in [-0.39, 0.29) is 6.61 Å². The molecule has 202 valence electrons. The Kier molecular flexibility index (Phi) is 8.79. The average molecular weight is 570 g/mol. The van der Waals surface area contributed by atoms with Crippen molar-refractivity contribution in [1.82, 2.24) is 9.97 Å². The highest BCUT2D eigenvalue weighted by Crippen LogP contribution is 2.32. The normalized spacial score (nSPS) is 11.6. The largest absolute Gasteiger partial charge is 0.448 e. The summed E-state index contributed by atoms with van der Waals surface area (Å²) in [6.45, 7) is 2.42. The molecule has 40 heavy (non-hydrogen) atoms. The molecule has 3 aromatic carbocycles. The lowest BCUT2D eigenvalue weighted by Gasteiger charge is -2.15. The van der Waals surface area contributed by atoms with Gasteiger partial charge in [-0.1, -0.05) is 60.7 Å². The summed E-state index contributed by atoms with van der Waals surface area (Å²) in [6.07, 6.45) is 0.965. The van der Waals surface area contributed by atoms with Gasteiger partial charge in [-0.2, -0.15) is 4.98 Å². The summed E-state index contributed by atoms with van der Waals surface area (Å²) in [4.78, 5) is 22.3. The van der Waals surface area contributed by atoms with E-state index < -0.39 is 16.7 Å². The molecule has 0 bridgehead atoms. The van der Waals surface area contributed by atoms with Crippen molar-refractivity contribution in [1.29, 1.82) is 0 Å². The number of rotatable bonds is 9. The van der Waals surface area contributed by atoms with E-state index >= 15 is 0 Å². The third-order valence-electron chi connectivity index (χ3n) is 5.91. The molecule has 2 N–H and O–H groups in total. The predicted molar refractivity (Wildman–Crippen MR) is 162 cm³/mol. The minimum absolute atomic E-state index is 0.177. The zero-order chi connectivity index (χ0) is 27.7. The second-order valence-corrected chi connectivity index (χ2v) is 10.8. The van der Waals surface area contributed by atoms with Crippen LogP contribution in [0.25, 0.3) is 21.6 Å². The number of aromatic nitrogens is 2. The molecule has 1 atom stereocenters. The Bertz CT molecular complexity index is 1670. The molecule has 1 amide bonds. The van der Waals surface area contributed by atoms with Crippen molar-refractivity contribution in [3.8, 4) is 21.6 Å². The minimum Gasteiger partial charge on any atom is -0.448 e. The Hall–Kier alpha value is -4.54. The lowest BCUT2D eigenvalue weighted by Crippen LogP contribution is -2.07. The molecule has 10 heteroatoms. The van der Waals surface area contributed by atoms with E-state index in [0.29, 0.717) is 28.9 Å². The van der Waals surface area contributed by atoms with Gasteiger partial charge < -0.3 is 15.4 Å². The van der Waals surface area contributed by atoms with Crippen LogP contribution in [0.3, 0.4) is 0 Å². The number of amides is 1. The molecule has 0 saturated carbocycles. The lowest BCUT2D eigenvalue weighted by molar-refractivity contribution is 0.164. The number of thiophene rings is 1. The molecular weight excluding hydrogens is 542 g/mol. The Morgan fingerprint density at radius 2 is 1.73 bits per heavy atom. The van der Waals surface area contributed by atoms with E-state index in [2.05, 4.69) is 44.2 Å². The Labute approximate surface area is 238 Å². The first-order valence-electron chi connectivity index (χ1n) is 12.6. The summed E-state index contributed by atoms with van der Waals surface area (Å²) < 4.78 is 20.6. The standard InChI is InChI=1S/C30H27N5O3S2/c1-2-38-30(36)35-40(37)24-16-14-23(15-17-24)33-29-32-20-26(27-13-8-18-39-27)28(34-29)31-19-22-11-6-7-12-25(22)21-9-4-3-5-10-21/h3-18,20,40H,2,19H2,1H3,(H2,31,32,33,34). The quantitative estimate of drug-likeness (QED) is 0.159. The maximum atomic E-state index is 12.3. The first-order valence-corrected chi connectivity index (χ1v) is 14.7. The van der Waals surface area contributed by atoms with Gasteiger partial charge in [-0.05, 0) is 59.3 Å². The van der Waals surface area contributed by atoms with Gasteiger partial charge in [0.2, 0.25) is 5.95 Å². The summed E-state index contributed by atoms with van der Waals surface area (Å²) in [7, 11) is -2.24. The number of thiol groups is 1. The highest BCUT2D eigenvalue weighted by Gasteiger charge is 2.12. The number of hydrogen-bond donors (Lipinski definition) is 3. The van der Waals surface area contributed by atoms with E-state index in [1.54, 1.807) is 48.7 Å². The number of benzene rings is 3. The molecule has 2 heterocycles. The molecule has 0 aliphatic rings. The van der Waals surface area contributed by atoms with Gasteiger partial charge in [-0.3, -0.25) is 0 Å². The van der Waals surface area contributed by atoms with Crippen LogP contribution in [0.1, 0.15) is 12.5 Å². The molecule has 0 radical (unpaired) electrons. The topological polar surface area (TPSA) is 106 Å². The predicted octanol–water partition coefficient (Wildman–Crippen LogP) is 7.41. The van der Waals surface area contributed by atoms with Crippen molar-refractivity contribution in [3.05, 3.63) is 108 Å². The molecule has 1 unspecified atom stereocenters. The number of nitrogens with zero attached hydrogens (tertiary/aromatic N) is 3. The molecule has 5 aromatic rings. The lowest BCUT2D eigenvalue weighted by atomic mass is 10.00. The molecule has 8 nitrogen and oxygen atoms in total. The van der Waals surface area contributed by atoms with E-state index in [4.69, 9.17) is 9.72 Å². The third kappa shape index (κ3) is 6.71. The van der Waals surface area contributed by atoms with Crippen LogP contribution in [-0.2, 0) is 21.9 Å². The summed E-state index contributed by atoms with van der Waals surface area (Å²) in [5.74, 6) is 1.11. The maximum Gasteiger partial charge on any atom is 0.441 e. The van der Waals surface area contributed by atoms with Gasteiger partial charge >= 0.3 is 6.09 Å². The van der Waals surface area contributed by atoms with Crippen LogP contribution in [0.15, 0.2) is 112 Å². The number of hydrogen-bond acceptors (Lipinski definition) is 8. The van der Waals surface area contributed by atoms with Crippen molar-refractivity contribution in [2.45, 2.75) is 18.4 Å². The number of ether oxygens (including phenoxy) is 1. The molecule has 2 aromatic heterocycles. The van der Waals surface area contributed by atoms with Crippen LogP contribution >= 0.6 is 11.3 Å². The van der Waals surface area contributed by atoms with Crippen LogP contribution in [-0.4, -0.2) is 26.9 Å². The van der Waals surface area contributed by atoms with Crippen LogP contribution in [0.5, 0.6) is 0 Å². The Morgan fingerprint density at radius 1 is 0.950 bits per heavy atom. The molecule has 0 saturated heterocycles. The van der Waals surface area contributed by atoms with Crippen LogP contribution in [0.4, 0.5) is 22.2 Å². The average Bonchev–Trinajstić information content (AvgIpc) is 3.52. The molecule has 0 fully saturated rings. The van der Waals surface area contributed by atoms with E-state index in [9.17, 15) is 9.00 Å². The van der Waals surface area contributed by atoms with Gasteiger partial charge in [-0.25, -0.2) is 14.0 Å². The number of carbonyl (C=O) groups excluding carboxylic acids is 1. The summed E-state index contributed by atoms with van der Waals surface area (Å²) in [5, 5.41) is 8.76. The van der Waals surface area contributed by atoms with E-state index in [0.717, 1.165) is 27.1 Å². The van der Waals surface area contributed by atoms with Crippen molar-refractivity contribution in [2.24, 2.45) is 4.36 Å². The molecule has 0 spiro atoms. The first-order chi connectivity index (χ1) is 19.6. The van der Waals surface area contributed by atoms with Crippen LogP contribution < -0.4 is 10.6 Å². The minimum atomic E-state index is -2.24. The van der Waals surface area contributed by atoms with Crippen molar-refractivity contribution in [2.75, 3.05) is 17.2 Å². The number of anilines is 3. The molecule has 5 rings (SSSR count). The highest BCUT2D eigenvalue weighted by atomic mass is 32.2. The van der Waals surface area contributed by atoms with Gasteiger partial charge in [0.05, 0.1) is 22.8 Å². The summed E-state index contributed by atoms with van der Waals surface area (Å²) >= 11 is 1.62. The van der Waals surface area contributed by atoms with Gasteiger partial charge in [0, 0.05) is 28.2 Å². The van der Waals surface area contributed by atoms with Crippen LogP contribution in [0.2, 0.25) is 0 Å². The highest BCUT2D eigenvalue weighted by molar-refractivity contribution is 7.75. The first kappa shape index (κ1) is 27.0. The fourth-order valence-corrected chi connectivity index (χ4v) is 5.49. The van der Waals surface area contributed by atoms with Crippen molar-refractivity contribution < 1.29 is 13.7 Å². The van der Waals surface area contributed by atoms with E-state index in [1.807, 2.05) is 47.8 Å². The Balaban J connectivity index is 1.37. The summed E-state index contributed by atoms with van der Waals surface area (Å²) in [6, 6.07) is 29.4. The number of carbonyl (C=O) groups is 1. The SMILES string of the molecule is CCOC(=O)/N=[SH](=O)/c1ccc(Nc2ncc(-c3cccs3)c(NCc3ccccc3-c3ccccc3)n2)cc1. The maximum absolute atomic E-state index is 12.3. The Morgan fingerprint density at radius 3 is 2.48 bits per heavy atom. The molecule has 0 aliphatic carbocycles. The van der Waals surface area contributed by atoms with Crippen molar-refractivity contribution in [3.63, 3.8) is 0 Å². The summed E-state index contributed by atoms with van der Waals surface area (Å²) in [5.41, 5.74) is 5.08. The number of nitrogens with one attached hydrogen (secondary N) is 2. The van der Waals surface area contributed by atoms with Crippen molar-refractivity contribution >= 4 is 45.5 Å². The fourth-order valence-electron chi connectivity index (χ4n) is 4.03. The molecule has 0 aliphatic heterocycles. The second kappa shape index (κ2) is 13.0. The third-order valence-corrected chi connectivity index (χ3v) is 7.90. The zero-order valence-corrected chi connectivity index (χ0v) is 23.4. The monoisotopic (exact) mass is 569 g/mol. The zero-order valence-electron chi connectivity index (χ0n) is 21.7.